The molecule has 0 aliphatic carbocycles. The molecule has 0 unspecified atom stereocenters. The fourth-order valence-corrected chi connectivity index (χ4v) is 3.84. The molecule has 0 spiro atoms. The van der Waals surface area contributed by atoms with Gasteiger partial charge in [-0.1, -0.05) is 56.3 Å². The molecule has 4 aromatic rings. The van der Waals surface area contributed by atoms with Crippen molar-refractivity contribution in [3.05, 3.63) is 100.0 Å². The first-order valence-electron chi connectivity index (χ1n) is 9.48. The van der Waals surface area contributed by atoms with E-state index in [1.54, 1.807) is 12.1 Å². The zero-order valence-corrected chi connectivity index (χ0v) is 16.2. The molecule has 0 aliphatic rings. The van der Waals surface area contributed by atoms with Crippen LogP contribution in [0.5, 0.6) is 0 Å². The Labute approximate surface area is 163 Å². The fraction of sp³-hybridized carbons (Fsp3) is 0.160. The van der Waals surface area contributed by atoms with E-state index < -0.39 is 0 Å². The molecule has 0 amide bonds. The van der Waals surface area contributed by atoms with Gasteiger partial charge in [-0.15, -0.1) is 0 Å². The number of pyridine rings is 1. The summed E-state index contributed by atoms with van der Waals surface area (Å²) < 4.78 is 15.7. The van der Waals surface area contributed by atoms with E-state index in [4.69, 9.17) is 0 Å². The fourth-order valence-electron chi connectivity index (χ4n) is 3.84. The van der Waals surface area contributed by atoms with Crippen LogP contribution in [0, 0.1) is 12.7 Å². The van der Waals surface area contributed by atoms with Gasteiger partial charge in [0.2, 0.25) is 0 Å². The Morgan fingerprint density at radius 2 is 1.54 bits per heavy atom. The van der Waals surface area contributed by atoms with Gasteiger partial charge in [0.05, 0.1) is 11.2 Å². The van der Waals surface area contributed by atoms with Crippen molar-refractivity contribution in [1.29, 1.82) is 0 Å². The zero-order valence-electron chi connectivity index (χ0n) is 16.2. The monoisotopic (exact) mass is 371 g/mol. The predicted octanol–water partition coefficient (Wildman–Crippen LogP) is 6.23. The Balaban J connectivity index is 2.26. The highest BCUT2D eigenvalue weighted by atomic mass is 19.1. The first-order valence-corrected chi connectivity index (χ1v) is 9.48. The maximum absolute atomic E-state index is 13.6. The van der Waals surface area contributed by atoms with Crippen molar-refractivity contribution in [3.8, 4) is 16.9 Å². The first kappa shape index (κ1) is 18.2. The van der Waals surface area contributed by atoms with Crippen molar-refractivity contribution < 1.29 is 4.39 Å². The van der Waals surface area contributed by atoms with Crippen LogP contribution in [0.2, 0.25) is 0 Å². The highest BCUT2D eigenvalue weighted by molar-refractivity contribution is 5.89. The molecule has 2 nitrogen and oxygen atoms in total. The lowest BCUT2D eigenvalue weighted by atomic mass is 9.95. The Morgan fingerprint density at radius 1 is 0.857 bits per heavy atom. The number of fused-ring (bicyclic) bond motifs is 1. The minimum atomic E-state index is -0.281. The lowest BCUT2D eigenvalue weighted by Gasteiger charge is -2.23. The molecule has 0 N–H and O–H groups in total. The minimum Gasteiger partial charge on any atom is -0.308 e. The van der Waals surface area contributed by atoms with E-state index in [9.17, 15) is 9.18 Å². The number of aromatic nitrogens is 1. The Bertz CT molecular complexity index is 1210. The van der Waals surface area contributed by atoms with Gasteiger partial charge in [-0.05, 0) is 54.3 Å². The van der Waals surface area contributed by atoms with Crippen molar-refractivity contribution >= 4 is 10.9 Å². The largest absolute Gasteiger partial charge is 0.308 e. The van der Waals surface area contributed by atoms with Crippen molar-refractivity contribution in [3.63, 3.8) is 0 Å². The predicted molar refractivity (Wildman–Crippen MR) is 114 cm³/mol. The average molecular weight is 371 g/mol. The molecule has 1 heterocycles. The van der Waals surface area contributed by atoms with E-state index in [1.165, 1.54) is 12.1 Å². The van der Waals surface area contributed by atoms with Crippen molar-refractivity contribution in [2.24, 2.45) is 0 Å². The summed E-state index contributed by atoms with van der Waals surface area (Å²) in [7, 11) is 0. The van der Waals surface area contributed by atoms with E-state index in [2.05, 4.69) is 24.5 Å². The van der Waals surface area contributed by atoms with E-state index in [1.807, 2.05) is 49.4 Å². The van der Waals surface area contributed by atoms with Gasteiger partial charge in [0.25, 0.3) is 0 Å². The topological polar surface area (TPSA) is 22.0 Å². The second-order valence-electron chi connectivity index (χ2n) is 7.38. The molecule has 0 atom stereocenters. The third-order valence-corrected chi connectivity index (χ3v) is 5.21. The second-order valence-corrected chi connectivity index (χ2v) is 7.38. The third-order valence-electron chi connectivity index (χ3n) is 5.21. The van der Waals surface area contributed by atoms with Crippen molar-refractivity contribution in [1.82, 2.24) is 4.57 Å². The molecule has 0 saturated heterocycles. The van der Waals surface area contributed by atoms with Gasteiger partial charge in [-0.2, -0.15) is 0 Å². The third kappa shape index (κ3) is 2.93. The molecule has 0 aliphatic heterocycles. The number of benzene rings is 3. The maximum Gasteiger partial charge on any atom is 0.192 e. The molecule has 0 saturated carbocycles. The summed E-state index contributed by atoms with van der Waals surface area (Å²) in [4.78, 5) is 13.3. The molecule has 4 rings (SSSR count). The van der Waals surface area contributed by atoms with Crippen LogP contribution in [0.25, 0.3) is 27.8 Å². The Hall–Kier alpha value is -3.20. The summed E-state index contributed by atoms with van der Waals surface area (Å²) >= 11 is 0. The number of rotatable bonds is 3. The summed E-state index contributed by atoms with van der Waals surface area (Å²) in [5.74, 6) is -0.0442. The molecule has 0 radical (unpaired) electrons. The number of nitrogens with zero attached hydrogens (tertiary/aromatic N) is 1. The van der Waals surface area contributed by atoms with Crippen LogP contribution in [-0.4, -0.2) is 4.57 Å². The quantitative estimate of drug-likeness (QED) is 0.418. The van der Waals surface area contributed by atoms with E-state index >= 15 is 0 Å². The minimum absolute atomic E-state index is 0.0368. The SMILES string of the molecule is Cc1c(-c2ccccc2)n(-c2ccc(F)cc2)c2c(C(C)C)cccc2c1=O. The normalized spacial score (nSPS) is 11.3. The smallest absolute Gasteiger partial charge is 0.192 e. The molecule has 0 fully saturated rings. The molecule has 0 bridgehead atoms. The number of hydrogen-bond donors (Lipinski definition) is 0. The van der Waals surface area contributed by atoms with E-state index in [0.717, 1.165) is 28.0 Å². The summed E-state index contributed by atoms with van der Waals surface area (Å²) in [5.41, 5.74) is 5.34. The number of para-hydroxylation sites is 1. The van der Waals surface area contributed by atoms with Crippen LogP contribution in [-0.2, 0) is 0 Å². The molecule has 140 valence electrons. The van der Waals surface area contributed by atoms with Crippen molar-refractivity contribution in [2.45, 2.75) is 26.7 Å². The lowest BCUT2D eigenvalue weighted by Crippen LogP contribution is -2.17. The maximum atomic E-state index is 13.6. The standard InChI is InChI=1S/C25H22FNO/c1-16(2)21-10-7-11-22-24(21)27(20-14-12-19(26)13-15-20)23(17(3)25(22)28)18-8-5-4-6-9-18/h4-16H,1-3H3. The van der Waals surface area contributed by atoms with Gasteiger partial charge >= 0.3 is 0 Å². The summed E-state index contributed by atoms with van der Waals surface area (Å²) in [6.45, 7) is 6.11. The summed E-state index contributed by atoms with van der Waals surface area (Å²) in [6, 6.07) is 22.2. The van der Waals surface area contributed by atoms with Crippen LogP contribution < -0.4 is 5.43 Å². The van der Waals surface area contributed by atoms with Gasteiger partial charge < -0.3 is 4.57 Å². The molecular weight excluding hydrogens is 349 g/mol. The van der Waals surface area contributed by atoms with Crippen LogP contribution in [0.4, 0.5) is 4.39 Å². The molecule has 28 heavy (non-hydrogen) atoms. The molecule has 3 heteroatoms. The average Bonchev–Trinajstić information content (AvgIpc) is 2.71. The molecular formula is C25H22FNO. The summed E-state index contributed by atoms with van der Waals surface area (Å²) in [5, 5.41) is 0.688. The Kier molecular flexibility index (Phi) is 4.60. The van der Waals surface area contributed by atoms with Gasteiger partial charge in [0.1, 0.15) is 5.82 Å². The number of halogens is 1. The van der Waals surface area contributed by atoms with Crippen LogP contribution in [0.3, 0.4) is 0 Å². The van der Waals surface area contributed by atoms with Crippen LogP contribution >= 0.6 is 0 Å². The highest BCUT2D eigenvalue weighted by Crippen LogP contribution is 2.33. The Morgan fingerprint density at radius 3 is 2.18 bits per heavy atom. The van der Waals surface area contributed by atoms with Gasteiger partial charge in [-0.25, -0.2) is 4.39 Å². The first-order chi connectivity index (χ1) is 13.5. The summed E-state index contributed by atoms with van der Waals surface area (Å²) in [6.07, 6.45) is 0. The molecule has 3 aromatic carbocycles. The van der Waals surface area contributed by atoms with Gasteiger partial charge in [-0.3, -0.25) is 4.79 Å². The van der Waals surface area contributed by atoms with E-state index in [0.29, 0.717) is 10.9 Å². The zero-order chi connectivity index (χ0) is 19.8. The second kappa shape index (κ2) is 7.08. The number of hydrogen-bond acceptors (Lipinski definition) is 1. The van der Waals surface area contributed by atoms with Crippen LogP contribution in [0.1, 0.15) is 30.9 Å². The van der Waals surface area contributed by atoms with Gasteiger partial charge in [0, 0.05) is 16.6 Å². The van der Waals surface area contributed by atoms with Crippen molar-refractivity contribution in [2.75, 3.05) is 0 Å². The highest BCUT2D eigenvalue weighted by Gasteiger charge is 2.20. The van der Waals surface area contributed by atoms with E-state index in [-0.39, 0.29) is 17.2 Å². The van der Waals surface area contributed by atoms with Gasteiger partial charge in [0.15, 0.2) is 5.43 Å². The van der Waals surface area contributed by atoms with Crippen LogP contribution in [0.15, 0.2) is 77.6 Å². The molecule has 1 aromatic heterocycles. The lowest BCUT2D eigenvalue weighted by molar-refractivity contribution is 0.627.